The molecular formula is C17H22N4O2. The van der Waals surface area contributed by atoms with Crippen molar-refractivity contribution in [3.8, 4) is 5.88 Å². The molecule has 0 aromatic carbocycles. The van der Waals surface area contributed by atoms with Gasteiger partial charge in [0, 0.05) is 18.3 Å². The molecule has 122 valence electrons. The molecule has 0 saturated heterocycles. The summed E-state index contributed by atoms with van der Waals surface area (Å²) in [5, 5.41) is 7.36. The Labute approximate surface area is 135 Å². The van der Waals surface area contributed by atoms with E-state index in [1.54, 1.807) is 11.8 Å². The molecule has 6 nitrogen and oxygen atoms in total. The van der Waals surface area contributed by atoms with Crippen molar-refractivity contribution < 1.29 is 9.53 Å². The Balaban J connectivity index is 1.95. The molecule has 0 bridgehead atoms. The maximum absolute atomic E-state index is 12.8. The molecule has 2 aromatic rings. The molecule has 1 aliphatic carbocycles. The molecule has 3 rings (SSSR count). The van der Waals surface area contributed by atoms with Gasteiger partial charge in [0.05, 0.1) is 12.8 Å². The zero-order valence-corrected chi connectivity index (χ0v) is 14.1. The summed E-state index contributed by atoms with van der Waals surface area (Å²) in [4.78, 5) is 17.3. The standard InChI is InChI=1S/C17H22N4O2/c1-5-12-10(2)20-21(3)15(12)19-16(22)13-9-11-7-6-8-14(11)18-17(13)23-4/h9H,5-8H2,1-4H3,(H,19,22). The number of carbonyl (C=O) groups is 1. The maximum atomic E-state index is 12.8. The lowest BCUT2D eigenvalue weighted by Crippen LogP contribution is -2.17. The van der Waals surface area contributed by atoms with Gasteiger partial charge in [-0.1, -0.05) is 6.92 Å². The van der Waals surface area contributed by atoms with Crippen LogP contribution in [0.25, 0.3) is 0 Å². The number of aromatic nitrogens is 3. The lowest BCUT2D eigenvalue weighted by molar-refractivity contribution is 0.102. The topological polar surface area (TPSA) is 69.0 Å². The summed E-state index contributed by atoms with van der Waals surface area (Å²) < 4.78 is 7.03. The monoisotopic (exact) mass is 314 g/mol. The first-order valence-corrected chi connectivity index (χ1v) is 7.95. The minimum absolute atomic E-state index is 0.207. The van der Waals surface area contributed by atoms with E-state index in [0.29, 0.717) is 11.4 Å². The number of amides is 1. The summed E-state index contributed by atoms with van der Waals surface area (Å²) >= 11 is 0. The van der Waals surface area contributed by atoms with Crippen molar-refractivity contribution in [3.05, 3.63) is 34.1 Å². The second kappa shape index (κ2) is 6.02. The first kappa shape index (κ1) is 15.5. The van der Waals surface area contributed by atoms with Gasteiger partial charge in [0.1, 0.15) is 11.4 Å². The summed E-state index contributed by atoms with van der Waals surface area (Å²) in [6.45, 7) is 4.00. The minimum atomic E-state index is -0.207. The summed E-state index contributed by atoms with van der Waals surface area (Å²) in [5.74, 6) is 0.916. The van der Waals surface area contributed by atoms with Gasteiger partial charge in [0.25, 0.3) is 5.91 Å². The first-order chi connectivity index (χ1) is 11.0. The van der Waals surface area contributed by atoms with Crippen molar-refractivity contribution in [1.82, 2.24) is 14.8 Å². The van der Waals surface area contributed by atoms with Crippen molar-refractivity contribution in [2.45, 2.75) is 39.5 Å². The number of carbonyl (C=O) groups excluding carboxylic acids is 1. The number of ether oxygens (including phenoxy) is 1. The van der Waals surface area contributed by atoms with Gasteiger partial charge in [-0.25, -0.2) is 4.98 Å². The highest BCUT2D eigenvalue weighted by Crippen LogP contribution is 2.28. The van der Waals surface area contributed by atoms with Crippen LogP contribution in [0.2, 0.25) is 0 Å². The van der Waals surface area contributed by atoms with E-state index in [9.17, 15) is 4.79 Å². The highest BCUT2D eigenvalue weighted by Gasteiger charge is 2.22. The largest absolute Gasteiger partial charge is 0.480 e. The molecule has 6 heteroatoms. The van der Waals surface area contributed by atoms with Gasteiger partial charge < -0.3 is 10.1 Å². The summed E-state index contributed by atoms with van der Waals surface area (Å²) in [7, 11) is 3.38. The first-order valence-electron chi connectivity index (χ1n) is 7.95. The Morgan fingerprint density at radius 2 is 2.22 bits per heavy atom. The van der Waals surface area contributed by atoms with Crippen LogP contribution in [0.15, 0.2) is 6.07 Å². The molecular weight excluding hydrogens is 292 g/mol. The lowest BCUT2D eigenvalue weighted by atomic mass is 10.1. The fraction of sp³-hybridized carbons (Fsp3) is 0.471. The molecule has 0 spiro atoms. The molecule has 1 amide bonds. The zero-order valence-electron chi connectivity index (χ0n) is 14.1. The van der Waals surface area contributed by atoms with Crippen molar-refractivity contribution >= 4 is 11.7 Å². The van der Waals surface area contributed by atoms with E-state index >= 15 is 0 Å². The van der Waals surface area contributed by atoms with Crippen LogP contribution in [0.1, 0.15) is 46.2 Å². The number of fused-ring (bicyclic) bond motifs is 1. The summed E-state index contributed by atoms with van der Waals surface area (Å²) in [5.41, 5.74) is 4.66. The molecule has 0 aliphatic heterocycles. The van der Waals surface area contributed by atoms with E-state index in [4.69, 9.17) is 4.74 Å². The smallest absolute Gasteiger partial charge is 0.262 e. The second-order valence-electron chi connectivity index (χ2n) is 5.85. The number of hydrogen-bond acceptors (Lipinski definition) is 4. The number of hydrogen-bond donors (Lipinski definition) is 1. The van der Waals surface area contributed by atoms with Gasteiger partial charge in [-0.3, -0.25) is 9.48 Å². The Morgan fingerprint density at radius 3 is 2.91 bits per heavy atom. The molecule has 1 N–H and O–H groups in total. The van der Waals surface area contributed by atoms with E-state index in [1.807, 2.05) is 20.0 Å². The predicted octanol–water partition coefficient (Wildman–Crippen LogP) is 2.44. The van der Waals surface area contributed by atoms with E-state index in [1.165, 1.54) is 0 Å². The van der Waals surface area contributed by atoms with Crippen LogP contribution in [0.3, 0.4) is 0 Å². The zero-order chi connectivity index (χ0) is 16.6. The van der Waals surface area contributed by atoms with Gasteiger partial charge >= 0.3 is 0 Å². The van der Waals surface area contributed by atoms with Gasteiger partial charge in [-0.05, 0) is 44.2 Å². The van der Waals surface area contributed by atoms with E-state index in [-0.39, 0.29) is 5.91 Å². The van der Waals surface area contributed by atoms with Crippen molar-refractivity contribution in [2.24, 2.45) is 7.05 Å². The van der Waals surface area contributed by atoms with Gasteiger partial charge in [-0.2, -0.15) is 5.10 Å². The molecule has 23 heavy (non-hydrogen) atoms. The van der Waals surface area contributed by atoms with Gasteiger partial charge in [0.2, 0.25) is 5.88 Å². The molecule has 2 aromatic heterocycles. The number of aryl methyl sites for hydroxylation is 4. The fourth-order valence-electron chi connectivity index (χ4n) is 3.23. The SMILES string of the molecule is CCc1c(C)nn(C)c1NC(=O)c1cc2c(nc1OC)CCC2. The van der Waals surface area contributed by atoms with Crippen LogP contribution in [-0.4, -0.2) is 27.8 Å². The highest BCUT2D eigenvalue weighted by atomic mass is 16.5. The highest BCUT2D eigenvalue weighted by molar-refractivity contribution is 6.06. The van der Waals surface area contributed by atoms with Crippen LogP contribution >= 0.6 is 0 Å². The molecule has 0 atom stereocenters. The number of anilines is 1. The predicted molar refractivity (Wildman–Crippen MR) is 88.1 cm³/mol. The average molecular weight is 314 g/mol. The van der Waals surface area contributed by atoms with Crippen molar-refractivity contribution in [1.29, 1.82) is 0 Å². The minimum Gasteiger partial charge on any atom is -0.480 e. The number of rotatable bonds is 4. The van der Waals surface area contributed by atoms with Gasteiger partial charge in [-0.15, -0.1) is 0 Å². The molecule has 0 unspecified atom stereocenters. The number of nitrogens with one attached hydrogen (secondary N) is 1. The van der Waals surface area contributed by atoms with Crippen LogP contribution in [0, 0.1) is 6.92 Å². The lowest BCUT2D eigenvalue weighted by Gasteiger charge is -2.12. The number of methoxy groups -OCH3 is 1. The summed E-state index contributed by atoms with van der Waals surface area (Å²) in [6.07, 6.45) is 3.82. The van der Waals surface area contributed by atoms with Crippen molar-refractivity contribution in [3.63, 3.8) is 0 Å². The van der Waals surface area contributed by atoms with Gasteiger partial charge in [0.15, 0.2) is 0 Å². The van der Waals surface area contributed by atoms with E-state index < -0.39 is 0 Å². The van der Waals surface area contributed by atoms with Crippen LogP contribution in [0.4, 0.5) is 5.82 Å². The third-order valence-corrected chi connectivity index (χ3v) is 4.39. The average Bonchev–Trinajstić information content (AvgIpc) is 3.09. The maximum Gasteiger partial charge on any atom is 0.262 e. The number of pyridine rings is 1. The Bertz CT molecular complexity index is 764. The Morgan fingerprint density at radius 1 is 1.43 bits per heavy atom. The molecule has 0 fully saturated rings. The third kappa shape index (κ3) is 2.69. The van der Waals surface area contributed by atoms with Crippen LogP contribution in [-0.2, 0) is 26.3 Å². The molecule has 0 saturated carbocycles. The van der Waals surface area contributed by atoms with Crippen molar-refractivity contribution in [2.75, 3.05) is 12.4 Å². The Hall–Kier alpha value is -2.37. The molecule has 2 heterocycles. The van der Waals surface area contributed by atoms with E-state index in [0.717, 1.165) is 54.0 Å². The third-order valence-electron chi connectivity index (χ3n) is 4.39. The second-order valence-corrected chi connectivity index (χ2v) is 5.85. The molecule has 0 radical (unpaired) electrons. The Kier molecular flexibility index (Phi) is 4.07. The van der Waals surface area contributed by atoms with Crippen LogP contribution < -0.4 is 10.1 Å². The number of nitrogens with zero attached hydrogens (tertiary/aromatic N) is 3. The normalized spacial score (nSPS) is 13.0. The summed E-state index contributed by atoms with van der Waals surface area (Å²) in [6, 6.07) is 1.92. The fourth-order valence-corrected chi connectivity index (χ4v) is 3.23. The quantitative estimate of drug-likeness (QED) is 0.941. The van der Waals surface area contributed by atoms with Crippen LogP contribution in [0.5, 0.6) is 5.88 Å². The molecule has 1 aliphatic rings. The van der Waals surface area contributed by atoms with E-state index in [2.05, 4.69) is 22.3 Å².